The van der Waals surface area contributed by atoms with Crippen LogP contribution in [0.5, 0.6) is 0 Å². The third-order valence-electron chi connectivity index (χ3n) is 5.01. The quantitative estimate of drug-likeness (QED) is 0.373. The Kier molecular flexibility index (Phi) is 4.60. The molecule has 3 heterocycles. The maximum absolute atomic E-state index is 13.6. The highest BCUT2D eigenvalue weighted by Crippen LogP contribution is 2.24. The number of nitrogens with two attached hydrogens (primary N) is 1. The van der Waals surface area contributed by atoms with Crippen molar-refractivity contribution >= 4 is 48.4 Å². The molecule has 0 amide bonds. The minimum Gasteiger partial charge on any atom is -0.368 e. The lowest BCUT2D eigenvalue weighted by molar-refractivity contribution is 0.732. The Bertz CT molecular complexity index is 1480. The first-order valence-corrected chi connectivity index (χ1v) is 10.2. The second-order valence-corrected chi connectivity index (χ2v) is 7.71. The number of para-hydroxylation sites is 1. The second kappa shape index (κ2) is 7.45. The molecule has 2 atom stereocenters. The molecule has 154 valence electrons. The summed E-state index contributed by atoms with van der Waals surface area (Å²) in [5, 5.41) is 4.67. The van der Waals surface area contributed by atoms with Crippen molar-refractivity contribution in [3.05, 3.63) is 71.0 Å². The van der Waals surface area contributed by atoms with Crippen molar-refractivity contribution in [1.29, 1.82) is 0 Å². The zero-order chi connectivity index (χ0) is 21.5. The van der Waals surface area contributed by atoms with Gasteiger partial charge in [0.05, 0.1) is 29.0 Å². The Hall–Kier alpha value is -3.84. The fourth-order valence-electron chi connectivity index (χ4n) is 3.61. The number of H-pyrrole nitrogens is 1. The molecular weight excluding hydrogens is 411 g/mol. The Labute approximate surface area is 179 Å². The lowest BCUT2D eigenvalue weighted by atomic mass is 10.2. The first kappa shape index (κ1) is 19.1. The number of rotatable bonds is 4. The molecule has 0 spiro atoms. The molecule has 4 N–H and O–H groups in total. The van der Waals surface area contributed by atoms with Gasteiger partial charge < -0.3 is 16.0 Å². The number of hydrogen-bond acceptors (Lipinski definition) is 7. The predicted molar refractivity (Wildman–Crippen MR) is 125 cm³/mol. The van der Waals surface area contributed by atoms with Crippen LogP contribution in [0.15, 0.2) is 59.7 Å². The number of anilines is 2. The van der Waals surface area contributed by atoms with Crippen LogP contribution in [0.25, 0.3) is 27.8 Å². The molecule has 0 saturated heterocycles. The maximum atomic E-state index is 13.6. The number of hydrogen-bond donors (Lipinski definition) is 3. The number of fused-ring (bicyclic) bond motifs is 2. The molecule has 3 aromatic heterocycles. The molecule has 9 nitrogen and oxygen atoms in total. The summed E-state index contributed by atoms with van der Waals surface area (Å²) in [6, 6.07) is 14.6. The van der Waals surface area contributed by atoms with Crippen LogP contribution >= 0.6 is 9.24 Å². The monoisotopic (exact) mass is 430 g/mol. The molecule has 5 rings (SSSR count). The predicted octanol–water partition coefficient (Wildman–Crippen LogP) is 2.31. The molecular formula is C21H19N8OP. The zero-order valence-corrected chi connectivity index (χ0v) is 17.7. The van der Waals surface area contributed by atoms with Gasteiger partial charge in [-0.1, -0.05) is 30.3 Å². The highest BCUT2D eigenvalue weighted by molar-refractivity contribution is 7.28. The third kappa shape index (κ3) is 3.29. The van der Waals surface area contributed by atoms with Gasteiger partial charge in [-0.2, -0.15) is 9.97 Å². The average molecular weight is 430 g/mol. The smallest absolute Gasteiger partial charge is 0.266 e. The van der Waals surface area contributed by atoms with Gasteiger partial charge in [-0.15, -0.1) is 9.24 Å². The van der Waals surface area contributed by atoms with Crippen molar-refractivity contribution in [2.24, 2.45) is 0 Å². The number of imidazole rings is 1. The molecule has 0 aliphatic heterocycles. The summed E-state index contributed by atoms with van der Waals surface area (Å²) < 4.78 is 1.62. The van der Waals surface area contributed by atoms with Crippen LogP contribution in [0, 0.1) is 0 Å². The summed E-state index contributed by atoms with van der Waals surface area (Å²) in [5.41, 5.74) is 8.15. The first-order chi connectivity index (χ1) is 15.0. The van der Waals surface area contributed by atoms with Crippen LogP contribution in [-0.2, 0) is 0 Å². The second-order valence-electron chi connectivity index (χ2n) is 7.08. The van der Waals surface area contributed by atoms with Gasteiger partial charge in [0.25, 0.3) is 5.56 Å². The van der Waals surface area contributed by atoms with Gasteiger partial charge in [0.1, 0.15) is 11.3 Å². The van der Waals surface area contributed by atoms with Crippen LogP contribution in [0.3, 0.4) is 0 Å². The topological polar surface area (TPSA) is 127 Å². The SMILES string of the molecule is CC(Nc1nc(N)nc2[nH]cnc12)c1nc2cccc(P)c2c(=O)n1-c1ccccc1. The van der Waals surface area contributed by atoms with Gasteiger partial charge in [-0.3, -0.25) is 9.36 Å². The van der Waals surface area contributed by atoms with Crippen molar-refractivity contribution < 1.29 is 0 Å². The van der Waals surface area contributed by atoms with E-state index in [-0.39, 0.29) is 17.5 Å². The summed E-state index contributed by atoms with van der Waals surface area (Å²) >= 11 is 0. The van der Waals surface area contributed by atoms with Crippen LogP contribution in [-0.4, -0.2) is 29.5 Å². The summed E-state index contributed by atoms with van der Waals surface area (Å²) in [6.07, 6.45) is 1.53. The number of nitrogens with zero attached hydrogens (tertiary/aromatic N) is 5. The van der Waals surface area contributed by atoms with E-state index in [0.717, 1.165) is 11.0 Å². The van der Waals surface area contributed by atoms with E-state index in [1.54, 1.807) is 4.57 Å². The molecule has 2 aromatic carbocycles. The van der Waals surface area contributed by atoms with E-state index in [2.05, 4.69) is 34.5 Å². The van der Waals surface area contributed by atoms with E-state index in [0.29, 0.717) is 33.7 Å². The first-order valence-electron chi connectivity index (χ1n) is 9.62. The number of aromatic nitrogens is 6. The van der Waals surface area contributed by atoms with Gasteiger partial charge in [0.2, 0.25) is 5.95 Å². The summed E-state index contributed by atoms with van der Waals surface area (Å²) in [7, 11) is 2.62. The molecule has 0 saturated carbocycles. The molecule has 0 fully saturated rings. The standard InChI is InChI=1S/C21H19N8OP/c1-11(25-18-16-17(24-10-23-16)27-21(22)28-18)19-26-13-8-5-9-14(31)15(13)20(30)29(19)12-6-3-2-4-7-12/h2-11H,31H2,1H3,(H4,22,23,24,25,27,28). The number of aromatic amines is 1. The van der Waals surface area contributed by atoms with Gasteiger partial charge >= 0.3 is 0 Å². The Morgan fingerprint density at radius 2 is 1.90 bits per heavy atom. The van der Waals surface area contributed by atoms with Gasteiger partial charge in [-0.25, -0.2) is 9.97 Å². The minimum absolute atomic E-state index is 0.117. The molecule has 10 heteroatoms. The molecule has 0 radical (unpaired) electrons. The lowest BCUT2D eigenvalue weighted by Crippen LogP contribution is -2.29. The number of nitrogens with one attached hydrogen (secondary N) is 2. The van der Waals surface area contributed by atoms with E-state index in [1.165, 1.54) is 6.33 Å². The lowest BCUT2D eigenvalue weighted by Gasteiger charge is -2.20. The normalized spacial score (nSPS) is 12.3. The van der Waals surface area contributed by atoms with Crippen molar-refractivity contribution in [3.63, 3.8) is 0 Å². The molecule has 0 bridgehead atoms. The number of benzene rings is 2. The number of nitrogen functional groups attached to an aromatic ring is 1. The molecule has 5 aromatic rings. The summed E-state index contributed by atoms with van der Waals surface area (Å²) in [5.74, 6) is 1.12. The van der Waals surface area contributed by atoms with Crippen LogP contribution < -0.4 is 21.9 Å². The van der Waals surface area contributed by atoms with Crippen molar-refractivity contribution in [2.45, 2.75) is 13.0 Å². The van der Waals surface area contributed by atoms with E-state index in [4.69, 9.17) is 10.7 Å². The van der Waals surface area contributed by atoms with Crippen LogP contribution in [0.1, 0.15) is 18.8 Å². The maximum Gasteiger partial charge on any atom is 0.266 e. The van der Waals surface area contributed by atoms with E-state index in [1.807, 2.05) is 55.5 Å². The highest BCUT2D eigenvalue weighted by atomic mass is 31.0. The van der Waals surface area contributed by atoms with Crippen molar-refractivity contribution in [2.75, 3.05) is 11.1 Å². The van der Waals surface area contributed by atoms with Gasteiger partial charge in [-0.05, 0) is 30.4 Å². The molecule has 2 unspecified atom stereocenters. The average Bonchev–Trinajstić information content (AvgIpc) is 3.22. The van der Waals surface area contributed by atoms with Crippen LogP contribution in [0.4, 0.5) is 11.8 Å². The summed E-state index contributed by atoms with van der Waals surface area (Å²) in [4.78, 5) is 34.1. The third-order valence-corrected chi connectivity index (χ3v) is 5.49. The minimum atomic E-state index is -0.389. The van der Waals surface area contributed by atoms with Crippen molar-refractivity contribution in [3.8, 4) is 5.69 Å². The molecule has 0 aliphatic rings. The fourth-order valence-corrected chi connectivity index (χ4v) is 4.00. The van der Waals surface area contributed by atoms with Crippen molar-refractivity contribution in [1.82, 2.24) is 29.5 Å². The largest absolute Gasteiger partial charge is 0.368 e. The Morgan fingerprint density at radius 1 is 1.10 bits per heavy atom. The Balaban J connectivity index is 1.71. The fraction of sp³-hybridized carbons (Fsp3) is 0.0952. The van der Waals surface area contributed by atoms with E-state index >= 15 is 0 Å². The highest BCUT2D eigenvalue weighted by Gasteiger charge is 2.20. The Morgan fingerprint density at radius 3 is 2.71 bits per heavy atom. The van der Waals surface area contributed by atoms with Crippen LogP contribution in [0.2, 0.25) is 0 Å². The van der Waals surface area contributed by atoms with E-state index in [9.17, 15) is 4.79 Å². The van der Waals surface area contributed by atoms with Gasteiger partial charge in [0, 0.05) is 0 Å². The molecule has 31 heavy (non-hydrogen) atoms. The zero-order valence-electron chi connectivity index (χ0n) is 16.6. The van der Waals surface area contributed by atoms with E-state index < -0.39 is 0 Å². The summed E-state index contributed by atoms with van der Waals surface area (Å²) in [6.45, 7) is 1.91. The molecule has 0 aliphatic carbocycles. The van der Waals surface area contributed by atoms with Gasteiger partial charge in [0.15, 0.2) is 11.5 Å².